The molecule has 1 aliphatic rings. The minimum absolute atomic E-state index is 0.208. The first-order chi connectivity index (χ1) is 13.4. The van der Waals surface area contributed by atoms with E-state index in [9.17, 15) is 8.42 Å². The molecular formula is C21H16BrClN2O2S. The van der Waals surface area contributed by atoms with Gasteiger partial charge in [-0.05, 0) is 60.5 Å². The van der Waals surface area contributed by atoms with Crippen molar-refractivity contribution in [3.05, 3.63) is 92.9 Å². The summed E-state index contributed by atoms with van der Waals surface area (Å²) >= 11 is 9.47. The van der Waals surface area contributed by atoms with Crippen molar-refractivity contribution in [1.29, 1.82) is 0 Å². The maximum Gasteiger partial charge on any atom is 0.261 e. The number of rotatable bonds is 4. The van der Waals surface area contributed by atoms with E-state index < -0.39 is 10.0 Å². The van der Waals surface area contributed by atoms with E-state index in [1.54, 1.807) is 36.4 Å². The maximum atomic E-state index is 12.5. The number of anilines is 1. The van der Waals surface area contributed by atoms with Crippen LogP contribution in [0.25, 0.3) is 0 Å². The molecule has 0 unspecified atom stereocenters. The molecule has 0 atom stereocenters. The first kappa shape index (κ1) is 19.2. The summed E-state index contributed by atoms with van der Waals surface area (Å²) in [5, 5.41) is 0.673. The zero-order valence-electron chi connectivity index (χ0n) is 14.7. The summed E-state index contributed by atoms with van der Waals surface area (Å²) in [5.41, 5.74) is 4.55. The standard InChI is InChI=1S/C21H16BrClN2O2S/c22-16-4-9-19(10-5-16)28(26,27)25-18-7-2-15(3-8-18)21-20-13-17(23)6-1-14(20)11-12-24-21/h1-10,13,25H,11-12H2. The Kier molecular flexibility index (Phi) is 5.27. The van der Waals surface area contributed by atoms with Crippen molar-refractivity contribution >= 4 is 49.0 Å². The van der Waals surface area contributed by atoms with Crippen LogP contribution < -0.4 is 4.72 Å². The highest BCUT2D eigenvalue weighted by Gasteiger charge is 2.17. The quantitative estimate of drug-likeness (QED) is 0.557. The average molecular weight is 476 g/mol. The van der Waals surface area contributed by atoms with Crippen molar-refractivity contribution in [2.75, 3.05) is 11.3 Å². The Morgan fingerprint density at radius 2 is 1.68 bits per heavy atom. The van der Waals surface area contributed by atoms with E-state index in [0.717, 1.165) is 34.3 Å². The van der Waals surface area contributed by atoms with E-state index >= 15 is 0 Å². The monoisotopic (exact) mass is 474 g/mol. The third-order valence-corrected chi connectivity index (χ3v) is 6.67. The molecule has 1 N–H and O–H groups in total. The average Bonchev–Trinajstić information content (AvgIpc) is 2.68. The number of hydrogen-bond donors (Lipinski definition) is 1. The van der Waals surface area contributed by atoms with Gasteiger partial charge in [0.05, 0.1) is 10.6 Å². The molecule has 4 rings (SSSR count). The molecule has 142 valence electrons. The lowest BCUT2D eigenvalue weighted by Gasteiger charge is -2.18. The molecule has 3 aromatic rings. The van der Waals surface area contributed by atoms with Gasteiger partial charge in [-0.1, -0.05) is 45.7 Å². The minimum atomic E-state index is -3.64. The van der Waals surface area contributed by atoms with Crippen LogP contribution in [0.1, 0.15) is 16.7 Å². The van der Waals surface area contributed by atoms with E-state index in [0.29, 0.717) is 10.7 Å². The van der Waals surface area contributed by atoms with Crippen LogP contribution in [0.2, 0.25) is 5.02 Å². The molecule has 1 aliphatic heterocycles. The van der Waals surface area contributed by atoms with Crippen molar-refractivity contribution in [3.8, 4) is 0 Å². The molecule has 1 heterocycles. The Hall–Kier alpha value is -2.15. The van der Waals surface area contributed by atoms with Gasteiger partial charge in [0.15, 0.2) is 0 Å². The van der Waals surface area contributed by atoms with Gasteiger partial charge in [0.2, 0.25) is 0 Å². The number of nitrogens with one attached hydrogen (secondary N) is 1. The minimum Gasteiger partial charge on any atom is -0.284 e. The summed E-state index contributed by atoms with van der Waals surface area (Å²) in [6.07, 6.45) is 0.890. The van der Waals surface area contributed by atoms with Gasteiger partial charge in [-0.15, -0.1) is 0 Å². The second-order valence-corrected chi connectivity index (χ2v) is 9.45. The molecule has 0 aliphatic carbocycles. The predicted octanol–water partition coefficient (Wildman–Crippen LogP) is 5.30. The lowest BCUT2D eigenvalue weighted by atomic mass is 9.93. The van der Waals surface area contributed by atoms with Gasteiger partial charge in [-0.3, -0.25) is 9.71 Å². The van der Waals surface area contributed by atoms with Gasteiger partial charge in [-0.2, -0.15) is 0 Å². The summed E-state index contributed by atoms with van der Waals surface area (Å²) in [6.45, 7) is 0.724. The Morgan fingerprint density at radius 1 is 0.964 bits per heavy atom. The van der Waals surface area contributed by atoms with E-state index in [1.807, 2.05) is 30.3 Å². The van der Waals surface area contributed by atoms with Crippen LogP contribution in [-0.2, 0) is 16.4 Å². The van der Waals surface area contributed by atoms with E-state index in [1.165, 1.54) is 5.56 Å². The zero-order valence-corrected chi connectivity index (χ0v) is 17.9. The Morgan fingerprint density at radius 3 is 2.39 bits per heavy atom. The third kappa shape index (κ3) is 3.99. The van der Waals surface area contributed by atoms with Gasteiger partial charge in [0.1, 0.15) is 0 Å². The van der Waals surface area contributed by atoms with Crippen LogP contribution in [0.15, 0.2) is 81.1 Å². The van der Waals surface area contributed by atoms with Crippen molar-refractivity contribution in [2.45, 2.75) is 11.3 Å². The summed E-state index contributed by atoms with van der Waals surface area (Å²) in [7, 11) is -3.64. The summed E-state index contributed by atoms with van der Waals surface area (Å²) in [5.74, 6) is 0. The number of benzene rings is 3. The van der Waals surface area contributed by atoms with Crippen LogP contribution in [0.5, 0.6) is 0 Å². The molecule has 0 saturated carbocycles. The SMILES string of the molecule is O=S(=O)(Nc1ccc(C2=NCCc3ccc(Cl)cc32)cc1)c1ccc(Br)cc1. The second-order valence-electron chi connectivity index (χ2n) is 6.42. The van der Waals surface area contributed by atoms with Gasteiger partial charge in [0, 0.05) is 32.9 Å². The van der Waals surface area contributed by atoms with Crippen LogP contribution in [-0.4, -0.2) is 20.7 Å². The van der Waals surface area contributed by atoms with Gasteiger partial charge in [-0.25, -0.2) is 8.42 Å². The molecule has 0 radical (unpaired) electrons. The highest BCUT2D eigenvalue weighted by molar-refractivity contribution is 9.10. The summed E-state index contributed by atoms with van der Waals surface area (Å²) < 4.78 is 28.5. The number of hydrogen-bond acceptors (Lipinski definition) is 3. The number of aliphatic imine (C=N–C) groups is 1. The van der Waals surface area contributed by atoms with Gasteiger partial charge >= 0.3 is 0 Å². The van der Waals surface area contributed by atoms with Gasteiger partial charge < -0.3 is 0 Å². The van der Waals surface area contributed by atoms with Crippen molar-refractivity contribution in [1.82, 2.24) is 0 Å². The Bertz CT molecular complexity index is 1160. The molecule has 0 aromatic heterocycles. The van der Waals surface area contributed by atoms with Crippen molar-refractivity contribution < 1.29 is 8.42 Å². The summed E-state index contributed by atoms with van der Waals surface area (Å²) in [6, 6.07) is 19.6. The molecule has 0 fully saturated rings. The maximum absolute atomic E-state index is 12.5. The number of halogens is 2. The fourth-order valence-corrected chi connectivity index (χ4v) is 4.63. The van der Waals surface area contributed by atoms with E-state index in [4.69, 9.17) is 11.6 Å². The molecule has 0 amide bonds. The first-order valence-corrected chi connectivity index (χ1v) is 11.3. The van der Waals surface area contributed by atoms with Crippen molar-refractivity contribution in [2.24, 2.45) is 4.99 Å². The van der Waals surface area contributed by atoms with Crippen LogP contribution in [0, 0.1) is 0 Å². The van der Waals surface area contributed by atoms with E-state index in [2.05, 4.69) is 25.6 Å². The fraction of sp³-hybridized carbons (Fsp3) is 0.0952. The number of sulfonamides is 1. The molecule has 0 saturated heterocycles. The normalized spacial score (nSPS) is 13.6. The molecule has 0 bridgehead atoms. The predicted molar refractivity (Wildman–Crippen MR) is 117 cm³/mol. The largest absolute Gasteiger partial charge is 0.284 e. The zero-order chi connectivity index (χ0) is 19.7. The number of nitrogens with zero attached hydrogens (tertiary/aromatic N) is 1. The van der Waals surface area contributed by atoms with Crippen LogP contribution >= 0.6 is 27.5 Å². The topological polar surface area (TPSA) is 58.5 Å². The third-order valence-electron chi connectivity index (χ3n) is 4.51. The molecule has 28 heavy (non-hydrogen) atoms. The summed E-state index contributed by atoms with van der Waals surface area (Å²) in [4.78, 5) is 4.87. The number of fused-ring (bicyclic) bond motifs is 1. The molecule has 4 nitrogen and oxygen atoms in total. The van der Waals surface area contributed by atoms with Crippen LogP contribution in [0.4, 0.5) is 5.69 Å². The Labute approximate surface area is 177 Å². The lowest BCUT2D eigenvalue weighted by molar-refractivity contribution is 0.601. The molecule has 3 aromatic carbocycles. The lowest BCUT2D eigenvalue weighted by Crippen LogP contribution is -2.15. The molecule has 7 heteroatoms. The Balaban J connectivity index is 1.59. The smallest absolute Gasteiger partial charge is 0.261 e. The van der Waals surface area contributed by atoms with E-state index in [-0.39, 0.29) is 4.90 Å². The second kappa shape index (κ2) is 7.70. The van der Waals surface area contributed by atoms with Gasteiger partial charge in [0.25, 0.3) is 10.0 Å². The van der Waals surface area contributed by atoms with Crippen LogP contribution in [0.3, 0.4) is 0 Å². The highest BCUT2D eigenvalue weighted by Crippen LogP contribution is 2.25. The molecular weight excluding hydrogens is 460 g/mol. The molecule has 0 spiro atoms. The highest BCUT2D eigenvalue weighted by atomic mass is 79.9. The van der Waals surface area contributed by atoms with Crippen molar-refractivity contribution in [3.63, 3.8) is 0 Å². The fourth-order valence-electron chi connectivity index (χ4n) is 3.13. The first-order valence-electron chi connectivity index (χ1n) is 8.64.